The maximum Gasteiger partial charge on any atom is 0.232 e. The molecule has 198 valence electrons. The molecular weight excluding hydrogens is 480 g/mol. The van der Waals surface area contributed by atoms with E-state index in [4.69, 9.17) is 4.37 Å². The number of nitrogens with zero attached hydrogens (tertiary/aromatic N) is 4. The average molecular weight is 521 g/mol. The van der Waals surface area contributed by atoms with Crippen molar-refractivity contribution in [2.24, 2.45) is 41.4 Å². The SMILES string of the molecule is CC1C(=O)N(CC2CCCCC2CN2CCN(c3nsc4ccccc34)CC2)C(=O)C2C3CCC(C3)C12. The second-order valence-electron chi connectivity index (χ2n) is 12.6. The van der Waals surface area contributed by atoms with Crippen molar-refractivity contribution in [3.63, 3.8) is 0 Å². The first-order valence-electron chi connectivity index (χ1n) is 14.8. The highest BCUT2D eigenvalue weighted by Crippen LogP contribution is 2.57. The maximum atomic E-state index is 13.6. The van der Waals surface area contributed by atoms with Crippen LogP contribution in [0.5, 0.6) is 0 Å². The molecule has 5 fully saturated rings. The Morgan fingerprint density at radius 1 is 0.892 bits per heavy atom. The first-order valence-corrected chi connectivity index (χ1v) is 15.5. The monoisotopic (exact) mass is 520 g/mol. The number of imide groups is 1. The maximum absolute atomic E-state index is 13.6. The largest absolute Gasteiger partial charge is 0.353 e. The van der Waals surface area contributed by atoms with Crippen molar-refractivity contribution < 1.29 is 9.59 Å². The van der Waals surface area contributed by atoms with Crippen LogP contribution in [0.1, 0.15) is 51.9 Å². The van der Waals surface area contributed by atoms with Crippen LogP contribution in [-0.2, 0) is 9.59 Å². The Balaban J connectivity index is 0.997. The molecule has 5 aliphatic rings. The van der Waals surface area contributed by atoms with Gasteiger partial charge in [-0.1, -0.05) is 31.9 Å². The number of carbonyl (C=O) groups is 2. The molecule has 2 amide bonds. The third-order valence-electron chi connectivity index (χ3n) is 10.8. The van der Waals surface area contributed by atoms with E-state index in [0.717, 1.165) is 45.0 Å². The van der Waals surface area contributed by atoms with Crippen molar-refractivity contribution in [3.8, 4) is 0 Å². The number of hydrogen-bond donors (Lipinski definition) is 0. The molecule has 3 aliphatic carbocycles. The number of piperazine rings is 1. The zero-order chi connectivity index (χ0) is 25.1. The molecular formula is C30H40N4O2S. The van der Waals surface area contributed by atoms with E-state index < -0.39 is 0 Å². The molecule has 3 heterocycles. The molecule has 7 heteroatoms. The zero-order valence-corrected chi connectivity index (χ0v) is 22.9. The summed E-state index contributed by atoms with van der Waals surface area (Å²) in [7, 11) is 0. The van der Waals surface area contributed by atoms with E-state index in [-0.39, 0.29) is 23.7 Å². The van der Waals surface area contributed by atoms with E-state index in [2.05, 4.69) is 41.0 Å². The molecule has 2 aliphatic heterocycles. The number of anilines is 1. The van der Waals surface area contributed by atoms with Crippen LogP contribution in [0, 0.1) is 41.4 Å². The molecule has 0 N–H and O–H groups in total. The van der Waals surface area contributed by atoms with Crippen LogP contribution in [0.25, 0.3) is 10.1 Å². The molecule has 0 radical (unpaired) electrons. The van der Waals surface area contributed by atoms with Crippen molar-refractivity contribution in [1.29, 1.82) is 0 Å². The standard InChI is InChI=1S/C30H40N4O2S/c1-19-26-20-10-11-21(16-20)27(26)30(36)34(29(19)35)18-23-7-3-2-6-22(23)17-32-12-14-33(15-13-32)28-24-8-4-5-9-25(24)37-31-28/h4-5,8-9,19-23,26-27H,2-3,6-7,10-18H2,1H3. The van der Waals surface area contributed by atoms with E-state index in [0.29, 0.717) is 36.1 Å². The third kappa shape index (κ3) is 4.12. The van der Waals surface area contributed by atoms with E-state index in [9.17, 15) is 9.59 Å². The lowest BCUT2D eigenvalue weighted by molar-refractivity contribution is -0.162. The summed E-state index contributed by atoms with van der Waals surface area (Å²) in [6.07, 6.45) is 8.49. The second kappa shape index (κ2) is 9.64. The lowest BCUT2D eigenvalue weighted by Gasteiger charge is -2.45. The van der Waals surface area contributed by atoms with Crippen molar-refractivity contribution in [2.75, 3.05) is 44.2 Å². The van der Waals surface area contributed by atoms with Gasteiger partial charge in [-0.25, -0.2) is 0 Å². The minimum absolute atomic E-state index is 0.0231. The molecule has 3 saturated carbocycles. The molecule has 6 nitrogen and oxygen atoms in total. The van der Waals surface area contributed by atoms with E-state index in [1.54, 1.807) is 16.4 Å². The van der Waals surface area contributed by atoms with Gasteiger partial charge < -0.3 is 4.90 Å². The van der Waals surface area contributed by atoms with E-state index >= 15 is 0 Å². The van der Waals surface area contributed by atoms with Crippen LogP contribution >= 0.6 is 11.5 Å². The van der Waals surface area contributed by atoms with Gasteiger partial charge in [-0.15, -0.1) is 0 Å². The van der Waals surface area contributed by atoms with Gasteiger partial charge in [0.2, 0.25) is 11.8 Å². The van der Waals surface area contributed by atoms with Gasteiger partial charge in [0.05, 0.1) is 4.70 Å². The van der Waals surface area contributed by atoms with Crippen molar-refractivity contribution in [1.82, 2.24) is 14.2 Å². The fourth-order valence-electron chi connectivity index (χ4n) is 8.87. The molecule has 37 heavy (non-hydrogen) atoms. The fourth-order valence-corrected chi connectivity index (χ4v) is 9.67. The summed E-state index contributed by atoms with van der Waals surface area (Å²) < 4.78 is 6.04. The molecule has 7 rings (SSSR count). The Morgan fingerprint density at radius 3 is 2.43 bits per heavy atom. The van der Waals surface area contributed by atoms with Crippen molar-refractivity contribution >= 4 is 39.3 Å². The Bertz CT molecular complexity index is 1170. The van der Waals surface area contributed by atoms with Gasteiger partial charge in [-0.2, -0.15) is 4.37 Å². The topological polar surface area (TPSA) is 56.8 Å². The Hall–Kier alpha value is -1.99. The zero-order valence-electron chi connectivity index (χ0n) is 22.1. The highest BCUT2D eigenvalue weighted by atomic mass is 32.1. The van der Waals surface area contributed by atoms with Crippen LogP contribution < -0.4 is 4.90 Å². The Labute approximate surface area is 224 Å². The van der Waals surface area contributed by atoms with Gasteiger partial charge in [-0.05, 0) is 85.4 Å². The van der Waals surface area contributed by atoms with E-state index in [1.807, 2.05) is 0 Å². The molecule has 2 bridgehead atoms. The van der Waals surface area contributed by atoms with Gasteiger partial charge in [0, 0.05) is 56.5 Å². The van der Waals surface area contributed by atoms with Crippen LogP contribution in [0.15, 0.2) is 24.3 Å². The average Bonchev–Trinajstić information content (AvgIpc) is 3.66. The Morgan fingerprint density at radius 2 is 1.62 bits per heavy atom. The summed E-state index contributed by atoms with van der Waals surface area (Å²) in [4.78, 5) is 33.9. The number of hydrogen-bond acceptors (Lipinski definition) is 6. The predicted molar refractivity (Wildman–Crippen MR) is 147 cm³/mol. The first-order chi connectivity index (χ1) is 18.1. The van der Waals surface area contributed by atoms with Gasteiger partial charge in [0.1, 0.15) is 5.82 Å². The van der Waals surface area contributed by atoms with Gasteiger partial charge >= 0.3 is 0 Å². The number of piperidine rings is 1. The van der Waals surface area contributed by atoms with Crippen LogP contribution in [0.4, 0.5) is 5.82 Å². The first kappa shape index (κ1) is 24.1. The summed E-state index contributed by atoms with van der Waals surface area (Å²) >= 11 is 1.60. The van der Waals surface area contributed by atoms with Crippen molar-refractivity contribution in [3.05, 3.63) is 24.3 Å². The molecule has 1 aromatic heterocycles. The minimum atomic E-state index is 0.0231. The van der Waals surface area contributed by atoms with Gasteiger partial charge in [-0.3, -0.25) is 19.4 Å². The minimum Gasteiger partial charge on any atom is -0.353 e. The number of likely N-dealkylation sites (tertiary alicyclic amines) is 1. The molecule has 7 atom stereocenters. The van der Waals surface area contributed by atoms with Gasteiger partial charge in [0.25, 0.3) is 0 Å². The number of carbonyl (C=O) groups excluding carboxylic acids is 2. The summed E-state index contributed by atoms with van der Waals surface area (Å²) in [6, 6.07) is 8.54. The fraction of sp³-hybridized carbons (Fsp3) is 0.700. The quantitative estimate of drug-likeness (QED) is 0.526. The Kier molecular flexibility index (Phi) is 6.27. The normalized spacial score (nSPS) is 36.5. The number of benzene rings is 1. The number of aromatic nitrogens is 1. The molecule has 2 aromatic rings. The summed E-state index contributed by atoms with van der Waals surface area (Å²) in [5.41, 5.74) is 0. The lowest BCUT2D eigenvalue weighted by Crippen LogP contribution is -2.57. The third-order valence-corrected chi connectivity index (χ3v) is 11.6. The highest BCUT2D eigenvalue weighted by Gasteiger charge is 2.58. The number of rotatable bonds is 5. The smallest absolute Gasteiger partial charge is 0.232 e. The highest BCUT2D eigenvalue weighted by molar-refractivity contribution is 7.13. The molecule has 0 spiro atoms. The summed E-state index contributed by atoms with van der Waals surface area (Å²) in [5, 5.41) is 1.27. The van der Waals surface area contributed by atoms with E-state index in [1.165, 1.54) is 48.6 Å². The summed E-state index contributed by atoms with van der Waals surface area (Å²) in [5.74, 6) is 4.12. The lowest BCUT2D eigenvalue weighted by atomic mass is 9.69. The second-order valence-corrected chi connectivity index (χ2v) is 13.4. The molecule has 1 aromatic carbocycles. The number of amides is 2. The van der Waals surface area contributed by atoms with Crippen molar-refractivity contribution in [2.45, 2.75) is 51.9 Å². The van der Waals surface area contributed by atoms with Crippen LogP contribution in [0.2, 0.25) is 0 Å². The molecule has 2 saturated heterocycles. The molecule has 7 unspecified atom stereocenters. The van der Waals surface area contributed by atoms with Crippen LogP contribution in [0.3, 0.4) is 0 Å². The predicted octanol–water partition coefficient (Wildman–Crippen LogP) is 4.89. The number of fused-ring (bicyclic) bond motifs is 6. The van der Waals surface area contributed by atoms with Crippen LogP contribution in [-0.4, -0.2) is 65.3 Å². The van der Waals surface area contributed by atoms with Gasteiger partial charge in [0.15, 0.2) is 0 Å². The summed E-state index contributed by atoms with van der Waals surface area (Å²) in [6.45, 7) is 8.01.